The molecule has 3 N–H and O–H groups in total. The molecular weight excluding hydrogens is 373 g/mol. The van der Waals surface area contributed by atoms with Gasteiger partial charge in [-0.3, -0.25) is 4.57 Å². The van der Waals surface area contributed by atoms with Gasteiger partial charge in [0.1, 0.15) is 0 Å². The fourth-order valence-electron chi connectivity index (χ4n) is 3.03. The summed E-state index contributed by atoms with van der Waals surface area (Å²) in [7, 11) is -3.70. The Bertz CT molecular complexity index is 655. The predicted molar refractivity (Wildman–Crippen MR) is 100 cm³/mol. The molecule has 1 heterocycles. The first-order valence-corrected chi connectivity index (χ1v) is 11.0. The molecule has 3 unspecified atom stereocenters. The SMILES string of the molecule is CCOC(OCC)P(=O)(O)CC1CNC(Cc2ccccc2C(=O)O)CO1. The van der Waals surface area contributed by atoms with Crippen molar-refractivity contribution >= 4 is 13.3 Å². The molecule has 0 aliphatic carbocycles. The third kappa shape index (κ3) is 6.38. The van der Waals surface area contributed by atoms with Crippen molar-refractivity contribution in [2.45, 2.75) is 38.4 Å². The average Bonchev–Trinajstić information content (AvgIpc) is 2.63. The lowest BCUT2D eigenvalue weighted by atomic mass is 10.00. The number of hydrogen-bond acceptors (Lipinski definition) is 6. The Hall–Kier alpha value is -1.28. The molecule has 1 saturated heterocycles. The highest BCUT2D eigenvalue weighted by atomic mass is 31.2. The molecule has 1 aliphatic heterocycles. The Morgan fingerprint density at radius 1 is 1.33 bits per heavy atom. The summed E-state index contributed by atoms with van der Waals surface area (Å²) in [6, 6.07) is 5.66. The molecule has 0 saturated carbocycles. The second kappa shape index (κ2) is 10.3. The van der Waals surface area contributed by atoms with Crippen molar-refractivity contribution in [2.24, 2.45) is 0 Å². The van der Waals surface area contributed by atoms with E-state index >= 15 is 0 Å². The van der Waals surface area contributed by atoms with Crippen molar-refractivity contribution < 1.29 is 33.6 Å². The molecule has 27 heavy (non-hydrogen) atoms. The number of morpholine rings is 1. The number of nitrogens with one attached hydrogen (secondary N) is 1. The van der Waals surface area contributed by atoms with Gasteiger partial charge in [0.25, 0.3) is 7.37 Å². The first-order chi connectivity index (χ1) is 12.9. The highest BCUT2D eigenvalue weighted by Gasteiger charge is 2.37. The van der Waals surface area contributed by atoms with Crippen LogP contribution in [0.1, 0.15) is 29.8 Å². The summed E-state index contributed by atoms with van der Waals surface area (Å²) < 4.78 is 28.9. The van der Waals surface area contributed by atoms with Crippen LogP contribution in [0.3, 0.4) is 0 Å². The molecule has 0 radical (unpaired) electrons. The zero-order valence-corrected chi connectivity index (χ0v) is 16.6. The molecule has 1 aliphatic rings. The number of carbonyl (C=O) groups is 1. The predicted octanol–water partition coefficient (Wildman–Crippen LogP) is 1.91. The second-order valence-electron chi connectivity index (χ2n) is 6.38. The number of carboxylic acid groups (broad SMARTS) is 1. The molecule has 2 rings (SSSR count). The number of rotatable bonds is 10. The van der Waals surface area contributed by atoms with Gasteiger partial charge in [0.05, 0.1) is 24.4 Å². The molecular formula is C18H28NO7P. The van der Waals surface area contributed by atoms with Crippen LogP contribution in [0.25, 0.3) is 0 Å². The molecule has 152 valence electrons. The quantitative estimate of drug-likeness (QED) is 0.402. The maximum absolute atomic E-state index is 12.6. The summed E-state index contributed by atoms with van der Waals surface area (Å²) in [5.41, 5.74) is 1.00. The van der Waals surface area contributed by atoms with Crippen molar-refractivity contribution in [3.63, 3.8) is 0 Å². The molecule has 1 aromatic carbocycles. The minimum atomic E-state index is -3.70. The van der Waals surface area contributed by atoms with Gasteiger partial charge in [-0.2, -0.15) is 0 Å². The van der Waals surface area contributed by atoms with Crippen LogP contribution in [0.15, 0.2) is 24.3 Å². The third-order valence-electron chi connectivity index (χ3n) is 4.29. The first-order valence-electron chi connectivity index (χ1n) is 9.08. The van der Waals surface area contributed by atoms with E-state index in [9.17, 15) is 19.4 Å². The first kappa shape index (κ1) is 22.0. The summed E-state index contributed by atoms with van der Waals surface area (Å²) in [5, 5.41) is 12.5. The van der Waals surface area contributed by atoms with Crippen LogP contribution in [0.4, 0.5) is 0 Å². The molecule has 1 fully saturated rings. The molecule has 3 atom stereocenters. The lowest BCUT2D eigenvalue weighted by Gasteiger charge is -2.33. The highest BCUT2D eigenvalue weighted by Crippen LogP contribution is 2.48. The number of aromatic carboxylic acids is 1. The number of ether oxygens (including phenoxy) is 3. The smallest absolute Gasteiger partial charge is 0.335 e. The van der Waals surface area contributed by atoms with Crippen LogP contribution < -0.4 is 5.32 Å². The van der Waals surface area contributed by atoms with Crippen LogP contribution in [-0.4, -0.2) is 66.7 Å². The fraction of sp³-hybridized carbons (Fsp3) is 0.611. The van der Waals surface area contributed by atoms with Crippen LogP contribution in [-0.2, 0) is 25.2 Å². The number of benzene rings is 1. The fourth-order valence-corrected chi connectivity index (χ4v) is 4.79. The van der Waals surface area contributed by atoms with Gasteiger partial charge in [-0.15, -0.1) is 0 Å². The summed E-state index contributed by atoms with van der Waals surface area (Å²) in [5.74, 6) is -0.959. The largest absolute Gasteiger partial charge is 0.478 e. The van der Waals surface area contributed by atoms with Gasteiger partial charge in [-0.25, -0.2) is 4.79 Å². The van der Waals surface area contributed by atoms with Crippen LogP contribution in [0.5, 0.6) is 0 Å². The van der Waals surface area contributed by atoms with Crippen molar-refractivity contribution in [3.05, 3.63) is 35.4 Å². The minimum absolute atomic E-state index is 0.0607. The van der Waals surface area contributed by atoms with E-state index in [-0.39, 0.29) is 31.0 Å². The van der Waals surface area contributed by atoms with Gasteiger partial charge in [0, 0.05) is 25.8 Å². The third-order valence-corrected chi connectivity index (χ3v) is 6.18. The van der Waals surface area contributed by atoms with E-state index in [2.05, 4.69) is 5.32 Å². The summed E-state index contributed by atoms with van der Waals surface area (Å²) in [6.45, 7) is 4.77. The van der Waals surface area contributed by atoms with E-state index < -0.39 is 25.5 Å². The monoisotopic (exact) mass is 401 g/mol. The van der Waals surface area contributed by atoms with Crippen molar-refractivity contribution in [1.82, 2.24) is 5.32 Å². The van der Waals surface area contributed by atoms with Gasteiger partial charge in [-0.1, -0.05) is 18.2 Å². The molecule has 0 bridgehead atoms. The van der Waals surface area contributed by atoms with Crippen molar-refractivity contribution in [1.29, 1.82) is 0 Å². The van der Waals surface area contributed by atoms with Gasteiger partial charge in [0.2, 0.25) is 6.03 Å². The molecule has 9 heteroatoms. The number of hydrogen-bond donors (Lipinski definition) is 3. The Morgan fingerprint density at radius 3 is 2.56 bits per heavy atom. The van der Waals surface area contributed by atoms with Crippen LogP contribution in [0, 0.1) is 0 Å². The van der Waals surface area contributed by atoms with Crippen LogP contribution in [0.2, 0.25) is 0 Å². The minimum Gasteiger partial charge on any atom is -0.478 e. The second-order valence-corrected chi connectivity index (χ2v) is 8.68. The maximum Gasteiger partial charge on any atom is 0.335 e. The van der Waals surface area contributed by atoms with Crippen molar-refractivity contribution in [3.8, 4) is 0 Å². The van der Waals surface area contributed by atoms with E-state index in [4.69, 9.17) is 14.2 Å². The number of carboxylic acids is 1. The topological polar surface area (TPSA) is 114 Å². The Labute approximate surface area is 159 Å². The van der Waals surface area contributed by atoms with Crippen molar-refractivity contribution in [2.75, 3.05) is 32.5 Å². The van der Waals surface area contributed by atoms with E-state index in [1.165, 1.54) is 0 Å². The van der Waals surface area contributed by atoms with E-state index in [0.29, 0.717) is 19.6 Å². The van der Waals surface area contributed by atoms with Crippen LogP contribution >= 0.6 is 7.37 Å². The Kier molecular flexibility index (Phi) is 8.41. The molecule has 0 aromatic heterocycles. The Balaban J connectivity index is 1.90. The van der Waals surface area contributed by atoms with Gasteiger partial charge < -0.3 is 29.5 Å². The van der Waals surface area contributed by atoms with Gasteiger partial charge in [0.15, 0.2) is 0 Å². The summed E-state index contributed by atoms with van der Waals surface area (Å²) in [4.78, 5) is 21.6. The summed E-state index contributed by atoms with van der Waals surface area (Å²) >= 11 is 0. The van der Waals surface area contributed by atoms with Gasteiger partial charge in [-0.05, 0) is 31.9 Å². The highest BCUT2D eigenvalue weighted by molar-refractivity contribution is 7.58. The van der Waals surface area contributed by atoms with E-state index in [1.807, 2.05) is 0 Å². The standard InChI is InChI=1S/C18H28NO7P/c1-3-24-18(25-4-2)27(22,23)12-15-10-19-14(11-26-15)9-13-7-5-6-8-16(13)17(20)21/h5-8,14-15,18-19H,3-4,9-12H2,1-2H3,(H,20,21)(H,22,23). The maximum atomic E-state index is 12.6. The molecule has 0 amide bonds. The molecule has 8 nitrogen and oxygen atoms in total. The lowest BCUT2D eigenvalue weighted by Crippen LogP contribution is -2.49. The average molecular weight is 401 g/mol. The summed E-state index contributed by atoms with van der Waals surface area (Å²) in [6.07, 6.45) is 0.00509. The molecule has 1 aromatic rings. The van der Waals surface area contributed by atoms with E-state index in [1.54, 1.807) is 38.1 Å². The normalized spacial score (nSPS) is 22.5. The van der Waals surface area contributed by atoms with Gasteiger partial charge >= 0.3 is 5.97 Å². The zero-order valence-electron chi connectivity index (χ0n) is 15.7. The molecule has 0 spiro atoms. The lowest BCUT2D eigenvalue weighted by molar-refractivity contribution is -0.0884. The zero-order chi connectivity index (χ0) is 19.9. The Morgan fingerprint density at radius 2 is 2.00 bits per heavy atom. The van der Waals surface area contributed by atoms with E-state index in [0.717, 1.165) is 5.56 Å².